The van der Waals surface area contributed by atoms with E-state index >= 15 is 0 Å². The first kappa shape index (κ1) is 16.3. The highest BCUT2D eigenvalue weighted by Gasteiger charge is 2.23. The fraction of sp³-hybridized carbons (Fsp3) is 0.412. The number of piperidine rings is 1. The summed E-state index contributed by atoms with van der Waals surface area (Å²) in [6.45, 7) is 1.95. The number of carbonyl (C=O) groups is 1. The quantitative estimate of drug-likeness (QED) is 0.900. The Hall–Kier alpha value is -2.54. The lowest BCUT2D eigenvalue weighted by Crippen LogP contribution is -2.35. The summed E-state index contributed by atoms with van der Waals surface area (Å²) in [7, 11) is 3.67. The van der Waals surface area contributed by atoms with Crippen LogP contribution in [0, 0.1) is 0 Å². The maximum Gasteiger partial charge on any atom is 0.374 e. The molecule has 2 heterocycles. The number of nitrogens with zero attached hydrogens (tertiary/aromatic N) is 2. The highest BCUT2D eigenvalue weighted by atomic mass is 16.5. The van der Waals surface area contributed by atoms with Crippen LogP contribution in [0.2, 0.25) is 0 Å². The Morgan fingerprint density at radius 2 is 2.12 bits per heavy atom. The third kappa shape index (κ3) is 3.35. The highest BCUT2D eigenvalue weighted by Crippen LogP contribution is 2.39. The lowest BCUT2D eigenvalue weighted by atomic mass is 10.1. The first-order valence-corrected chi connectivity index (χ1v) is 7.81. The van der Waals surface area contributed by atoms with Crippen molar-refractivity contribution in [3.63, 3.8) is 0 Å². The van der Waals surface area contributed by atoms with E-state index in [1.165, 1.54) is 6.07 Å². The summed E-state index contributed by atoms with van der Waals surface area (Å²) in [6.07, 6.45) is 1.93. The van der Waals surface area contributed by atoms with Crippen LogP contribution in [0.15, 0.2) is 28.8 Å². The molecule has 3 rings (SSSR count). The van der Waals surface area contributed by atoms with Crippen LogP contribution in [0.3, 0.4) is 0 Å². The third-order valence-electron chi connectivity index (χ3n) is 4.15. The molecule has 0 spiro atoms. The molecule has 1 aromatic carbocycles. The van der Waals surface area contributed by atoms with Gasteiger partial charge < -0.3 is 24.0 Å². The van der Waals surface area contributed by atoms with E-state index in [4.69, 9.17) is 19.1 Å². The van der Waals surface area contributed by atoms with Gasteiger partial charge in [0.25, 0.3) is 0 Å². The maximum atomic E-state index is 11.0. The summed E-state index contributed by atoms with van der Waals surface area (Å²) in [5.41, 5.74) is 1.07. The second-order valence-corrected chi connectivity index (χ2v) is 5.84. The Balaban J connectivity index is 1.92. The van der Waals surface area contributed by atoms with E-state index in [2.05, 4.69) is 17.1 Å². The van der Waals surface area contributed by atoms with Gasteiger partial charge in [0, 0.05) is 24.7 Å². The fourth-order valence-corrected chi connectivity index (χ4v) is 2.77. The first-order chi connectivity index (χ1) is 11.6. The van der Waals surface area contributed by atoms with Crippen molar-refractivity contribution in [3.05, 3.63) is 30.0 Å². The molecule has 1 saturated heterocycles. The molecular formula is C17H20N2O5. The van der Waals surface area contributed by atoms with Gasteiger partial charge in [0.05, 0.1) is 7.11 Å². The normalized spacial score (nSPS) is 16.1. The van der Waals surface area contributed by atoms with Crippen LogP contribution in [-0.2, 0) is 0 Å². The number of hydrogen-bond acceptors (Lipinski definition) is 6. The molecule has 1 aromatic heterocycles. The lowest BCUT2D eigenvalue weighted by molar-refractivity contribution is 0.0652. The largest absolute Gasteiger partial charge is 0.493 e. The number of methoxy groups -OCH3 is 1. The van der Waals surface area contributed by atoms with Crippen molar-refractivity contribution >= 4 is 5.97 Å². The van der Waals surface area contributed by atoms with E-state index in [1.54, 1.807) is 7.11 Å². The summed E-state index contributed by atoms with van der Waals surface area (Å²) >= 11 is 0. The van der Waals surface area contributed by atoms with Gasteiger partial charge in [0.2, 0.25) is 5.76 Å². The van der Waals surface area contributed by atoms with Gasteiger partial charge in [-0.1, -0.05) is 11.2 Å². The Kier molecular flexibility index (Phi) is 4.71. The summed E-state index contributed by atoms with van der Waals surface area (Å²) < 4.78 is 16.5. The number of aromatic nitrogens is 1. The molecule has 1 fully saturated rings. The number of ether oxygens (including phenoxy) is 2. The predicted molar refractivity (Wildman–Crippen MR) is 86.6 cm³/mol. The Labute approximate surface area is 139 Å². The number of aromatic carboxylic acids is 1. The van der Waals surface area contributed by atoms with Gasteiger partial charge in [-0.15, -0.1) is 0 Å². The minimum atomic E-state index is -1.16. The highest BCUT2D eigenvalue weighted by molar-refractivity contribution is 5.86. The fourth-order valence-electron chi connectivity index (χ4n) is 2.77. The van der Waals surface area contributed by atoms with Crippen molar-refractivity contribution < 1.29 is 23.9 Å². The Bertz CT molecular complexity index is 720. The van der Waals surface area contributed by atoms with Crippen LogP contribution >= 0.6 is 0 Å². The summed E-state index contributed by atoms with van der Waals surface area (Å²) in [4.78, 5) is 13.3. The Morgan fingerprint density at radius 1 is 1.38 bits per heavy atom. The monoisotopic (exact) mass is 332 g/mol. The SMILES string of the molecule is COc1cccc(-c2cc(C(=O)O)on2)c1OC1CCN(C)CC1. The molecule has 24 heavy (non-hydrogen) atoms. The van der Waals surface area contributed by atoms with Crippen LogP contribution in [0.25, 0.3) is 11.3 Å². The molecule has 0 saturated carbocycles. The van der Waals surface area contributed by atoms with E-state index in [0.717, 1.165) is 25.9 Å². The van der Waals surface area contributed by atoms with Crippen molar-refractivity contribution in [2.45, 2.75) is 18.9 Å². The smallest absolute Gasteiger partial charge is 0.374 e. The molecule has 1 N–H and O–H groups in total. The zero-order valence-corrected chi connectivity index (χ0v) is 13.7. The molecule has 0 aliphatic carbocycles. The predicted octanol–water partition coefficient (Wildman–Crippen LogP) is 2.52. The second kappa shape index (κ2) is 6.92. The number of para-hydroxylation sites is 1. The number of carboxylic acids is 1. The van der Waals surface area contributed by atoms with Gasteiger partial charge in [-0.2, -0.15) is 0 Å². The summed E-state index contributed by atoms with van der Waals surface area (Å²) in [5.74, 6) is -0.210. The molecule has 1 aliphatic heterocycles. The summed E-state index contributed by atoms with van der Waals surface area (Å²) in [6, 6.07) is 6.83. The molecule has 7 heteroatoms. The van der Waals surface area contributed by atoms with E-state index in [9.17, 15) is 4.79 Å². The van der Waals surface area contributed by atoms with Gasteiger partial charge in [0.15, 0.2) is 11.5 Å². The standard InChI is InChI=1S/C17H20N2O5/c1-19-8-6-11(7-9-19)23-16-12(4-3-5-14(16)22-2)13-10-15(17(20)21)24-18-13/h3-5,10-11H,6-9H2,1-2H3,(H,20,21). The van der Waals surface area contributed by atoms with E-state index in [-0.39, 0.29) is 11.9 Å². The minimum Gasteiger partial charge on any atom is -0.493 e. The van der Waals surface area contributed by atoms with Crippen LogP contribution in [0.4, 0.5) is 0 Å². The molecule has 0 unspecified atom stereocenters. The van der Waals surface area contributed by atoms with Crippen molar-refractivity contribution in [3.8, 4) is 22.8 Å². The molecule has 1 aliphatic rings. The topological polar surface area (TPSA) is 85.0 Å². The van der Waals surface area contributed by atoms with Gasteiger partial charge >= 0.3 is 5.97 Å². The van der Waals surface area contributed by atoms with E-state index in [1.807, 2.05) is 18.2 Å². The number of hydrogen-bond donors (Lipinski definition) is 1. The summed E-state index contributed by atoms with van der Waals surface area (Å²) in [5, 5.41) is 12.9. The van der Waals surface area contributed by atoms with Crippen LogP contribution in [-0.4, -0.2) is 54.5 Å². The average molecular weight is 332 g/mol. The van der Waals surface area contributed by atoms with Crippen LogP contribution < -0.4 is 9.47 Å². The van der Waals surface area contributed by atoms with Gasteiger partial charge in [-0.3, -0.25) is 0 Å². The maximum absolute atomic E-state index is 11.0. The van der Waals surface area contributed by atoms with Gasteiger partial charge in [-0.05, 0) is 32.0 Å². The van der Waals surface area contributed by atoms with Crippen molar-refractivity contribution in [1.29, 1.82) is 0 Å². The molecule has 128 valence electrons. The molecule has 7 nitrogen and oxygen atoms in total. The molecule has 0 radical (unpaired) electrons. The molecule has 2 aromatic rings. The number of carboxylic acid groups (broad SMARTS) is 1. The zero-order valence-electron chi connectivity index (χ0n) is 13.7. The first-order valence-electron chi connectivity index (χ1n) is 7.81. The van der Waals surface area contributed by atoms with E-state index < -0.39 is 5.97 Å². The third-order valence-corrected chi connectivity index (χ3v) is 4.15. The molecule has 0 amide bonds. The van der Waals surface area contributed by atoms with E-state index in [0.29, 0.717) is 22.8 Å². The average Bonchev–Trinajstić information content (AvgIpc) is 3.07. The molecule has 0 bridgehead atoms. The lowest BCUT2D eigenvalue weighted by Gasteiger charge is -2.30. The Morgan fingerprint density at radius 3 is 2.75 bits per heavy atom. The number of likely N-dealkylation sites (tertiary alicyclic amines) is 1. The van der Waals surface area contributed by atoms with Gasteiger partial charge in [-0.25, -0.2) is 4.79 Å². The molecule has 0 atom stereocenters. The van der Waals surface area contributed by atoms with Crippen molar-refractivity contribution in [2.24, 2.45) is 0 Å². The zero-order chi connectivity index (χ0) is 17.1. The van der Waals surface area contributed by atoms with Crippen LogP contribution in [0.5, 0.6) is 11.5 Å². The van der Waals surface area contributed by atoms with Crippen molar-refractivity contribution in [1.82, 2.24) is 10.1 Å². The number of rotatable bonds is 5. The van der Waals surface area contributed by atoms with Crippen LogP contribution in [0.1, 0.15) is 23.4 Å². The number of benzene rings is 1. The molecular weight excluding hydrogens is 312 g/mol. The minimum absolute atomic E-state index is 0.0853. The second-order valence-electron chi connectivity index (χ2n) is 5.84. The van der Waals surface area contributed by atoms with Crippen molar-refractivity contribution in [2.75, 3.05) is 27.2 Å². The van der Waals surface area contributed by atoms with Gasteiger partial charge in [0.1, 0.15) is 11.8 Å².